The van der Waals surface area contributed by atoms with Crippen molar-refractivity contribution in [3.63, 3.8) is 0 Å². The fourth-order valence-corrected chi connectivity index (χ4v) is 3.16. The highest BCUT2D eigenvalue weighted by molar-refractivity contribution is 6.82. The molecule has 1 amide bonds. The monoisotopic (exact) mass is 341 g/mol. The molecule has 0 atom stereocenters. The van der Waals surface area contributed by atoms with Crippen molar-refractivity contribution in [2.75, 3.05) is 6.54 Å². The number of rotatable bonds is 6. The molecule has 24 heavy (non-hydrogen) atoms. The average molecular weight is 341 g/mol. The van der Waals surface area contributed by atoms with Gasteiger partial charge < -0.3 is 12.9 Å². The smallest absolute Gasteiger partial charge is 0.576 e. The number of amides is 1. The molecule has 0 fully saturated rings. The van der Waals surface area contributed by atoms with E-state index >= 15 is 0 Å². The maximum Gasteiger partial charge on any atom is 0.969 e. The summed E-state index contributed by atoms with van der Waals surface area (Å²) in [6, 6.07) is 16.5. The lowest BCUT2D eigenvalue weighted by atomic mass is 10.2. The molecule has 0 bridgehead atoms. The number of carbonyl (C=O) groups is 3. The second-order valence-electron chi connectivity index (χ2n) is 4.77. The predicted molar refractivity (Wildman–Crippen MR) is 88.5 cm³/mol. The van der Waals surface area contributed by atoms with Crippen molar-refractivity contribution < 1.29 is 22.0 Å². The summed E-state index contributed by atoms with van der Waals surface area (Å²) in [5.74, 6) is -1.39. The van der Waals surface area contributed by atoms with Crippen LogP contribution in [0.4, 0.5) is 4.79 Å². The van der Waals surface area contributed by atoms with E-state index in [1.54, 1.807) is 67.6 Å². The largest absolute Gasteiger partial charge is 0.969 e. The molecule has 0 aromatic heterocycles. The molecule has 0 saturated heterocycles. The topological polar surface area (TPSA) is 81.7 Å². The van der Waals surface area contributed by atoms with Crippen LogP contribution in [-0.2, 0) is 7.58 Å². The van der Waals surface area contributed by atoms with Gasteiger partial charge >= 0.3 is 26.8 Å². The van der Waals surface area contributed by atoms with Gasteiger partial charge in [0, 0.05) is 6.54 Å². The summed E-state index contributed by atoms with van der Waals surface area (Å²) in [4.78, 5) is 36.3. The van der Waals surface area contributed by atoms with E-state index < -0.39 is 31.5 Å². The molecule has 0 radical (unpaired) electrons. The molecule has 2 rings (SSSR count). The highest BCUT2D eigenvalue weighted by Crippen LogP contribution is 2.07. The van der Waals surface area contributed by atoms with Gasteiger partial charge in [0.25, 0.3) is 0 Å². The van der Waals surface area contributed by atoms with E-state index in [0.29, 0.717) is 6.54 Å². The van der Waals surface area contributed by atoms with Crippen molar-refractivity contribution >= 4 is 31.5 Å². The molecule has 0 unspecified atom stereocenters. The van der Waals surface area contributed by atoms with E-state index in [1.807, 2.05) is 0 Å². The normalized spacial score (nSPS) is 9.71. The second-order valence-corrected chi connectivity index (χ2v) is 6.43. The zero-order valence-electron chi connectivity index (χ0n) is 13.1. The first-order valence-corrected chi connectivity index (χ1v) is 8.93. The minimum Gasteiger partial charge on any atom is -0.576 e. The fourth-order valence-electron chi connectivity index (χ4n) is 1.87. The third-order valence-corrected chi connectivity index (χ3v) is 4.50. The number of hydrogen-bond acceptors (Lipinski definition) is 5. The minimum absolute atomic E-state index is 0.287. The van der Waals surface area contributed by atoms with E-state index in [-0.39, 0.29) is 11.1 Å². The van der Waals surface area contributed by atoms with E-state index in [9.17, 15) is 14.4 Å². The SMILES string of the molecule is CCN[C](=O)[Al]([O]C(=O)c1ccccc1)[O]C(=O)c1ccccc1. The van der Waals surface area contributed by atoms with Crippen LogP contribution in [0.25, 0.3) is 0 Å². The Labute approximate surface area is 144 Å². The van der Waals surface area contributed by atoms with Gasteiger partial charge in [-0.15, -0.1) is 0 Å². The highest BCUT2D eigenvalue weighted by Gasteiger charge is 2.46. The summed E-state index contributed by atoms with van der Waals surface area (Å²) in [7, 11) is 0. The molecule has 122 valence electrons. The lowest BCUT2D eigenvalue weighted by molar-refractivity contribution is 0.0607. The molecule has 0 saturated carbocycles. The number of nitrogens with one attached hydrogen (secondary N) is 1. The van der Waals surface area contributed by atoms with Crippen molar-refractivity contribution in [1.82, 2.24) is 5.32 Å². The summed E-state index contributed by atoms with van der Waals surface area (Å²) >= 11 is -3.25. The van der Waals surface area contributed by atoms with Crippen LogP contribution in [0.3, 0.4) is 0 Å². The standard InChI is InChI=1S/2C7H6O2.C3H6NO.Al/c2*8-7(9)6-4-2-1-3-5-6;1-2-4-3-5;/h2*1-5H,(H,8,9);2H2,1H3,(H,4,5);/q;;;+2/p-2. The van der Waals surface area contributed by atoms with E-state index in [0.717, 1.165) is 0 Å². The van der Waals surface area contributed by atoms with Crippen LogP contribution in [0, 0.1) is 0 Å². The maximum absolute atomic E-state index is 12.1. The predicted octanol–water partition coefficient (Wildman–Crippen LogP) is 2.50. The molecule has 1 N–H and O–H groups in total. The number of benzene rings is 2. The minimum atomic E-state index is -3.25. The van der Waals surface area contributed by atoms with E-state index in [4.69, 9.17) is 7.58 Å². The van der Waals surface area contributed by atoms with Crippen LogP contribution < -0.4 is 5.32 Å². The second kappa shape index (κ2) is 8.87. The van der Waals surface area contributed by atoms with Gasteiger partial charge in [-0.1, -0.05) is 36.4 Å². The van der Waals surface area contributed by atoms with Gasteiger partial charge in [-0.3, -0.25) is 4.79 Å². The van der Waals surface area contributed by atoms with Crippen LogP contribution in [-0.4, -0.2) is 38.1 Å². The van der Waals surface area contributed by atoms with Crippen LogP contribution in [0.15, 0.2) is 60.7 Å². The van der Waals surface area contributed by atoms with Crippen molar-refractivity contribution in [2.45, 2.75) is 6.92 Å². The zero-order chi connectivity index (χ0) is 17.4. The molecule has 2 aromatic rings. The molecular formula is C17H16AlNO5. The lowest BCUT2D eigenvalue weighted by Crippen LogP contribution is -2.44. The Morgan fingerprint density at radius 3 is 1.62 bits per heavy atom. The van der Waals surface area contributed by atoms with Gasteiger partial charge in [0.15, 0.2) is 0 Å². The third-order valence-electron chi connectivity index (χ3n) is 3.01. The fraction of sp³-hybridized carbons (Fsp3) is 0.118. The summed E-state index contributed by atoms with van der Waals surface area (Å²) in [5.41, 5.74) is 0.574. The van der Waals surface area contributed by atoms with Crippen LogP contribution in [0.5, 0.6) is 0 Å². The van der Waals surface area contributed by atoms with Crippen LogP contribution in [0.1, 0.15) is 27.6 Å². The Morgan fingerprint density at radius 1 is 0.833 bits per heavy atom. The van der Waals surface area contributed by atoms with E-state index in [1.165, 1.54) is 0 Å². The van der Waals surface area contributed by atoms with Gasteiger partial charge in [-0.2, -0.15) is 0 Å². The van der Waals surface area contributed by atoms with Crippen LogP contribution in [0.2, 0.25) is 0 Å². The quantitative estimate of drug-likeness (QED) is 0.817. The third kappa shape index (κ3) is 4.95. The molecule has 6 nitrogen and oxygen atoms in total. The molecule has 0 heterocycles. The average Bonchev–Trinajstić information content (AvgIpc) is 2.62. The van der Waals surface area contributed by atoms with Gasteiger partial charge in [-0.25, -0.2) is 9.59 Å². The Morgan fingerprint density at radius 2 is 1.25 bits per heavy atom. The molecule has 2 aromatic carbocycles. The first-order valence-electron chi connectivity index (χ1n) is 7.41. The highest BCUT2D eigenvalue weighted by atomic mass is 27.2. The molecule has 0 spiro atoms. The van der Waals surface area contributed by atoms with Gasteiger partial charge in [0.1, 0.15) is 0 Å². The van der Waals surface area contributed by atoms with Crippen LogP contribution >= 0.6 is 0 Å². The van der Waals surface area contributed by atoms with Gasteiger partial charge in [0.05, 0.1) is 11.1 Å². The Kier molecular flexibility index (Phi) is 6.55. The van der Waals surface area contributed by atoms with E-state index in [2.05, 4.69) is 5.32 Å². The number of carbonyl (C=O) groups excluding carboxylic acids is 3. The van der Waals surface area contributed by atoms with Gasteiger partial charge in [0.2, 0.25) is 4.77 Å². The number of hydrogen-bond donors (Lipinski definition) is 1. The maximum atomic E-state index is 12.1. The molecular weight excluding hydrogens is 325 g/mol. The first-order chi connectivity index (χ1) is 11.6. The van der Waals surface area contributed by atoms with Crippen molar-refractivity contribution in [1.29, 1.82) is 0 Å². The first kappa shape index (κ1) is 17.7. The summed E-state index contributed by atoms with van der Waals surface area (Å²) in [6.45, 7) is 2.06. The summed E-state index contributed by atoms with van der Waals surface area (Å²) in [5, 5.41) is 2.53. The van der Waals surface area contributed by atoms with Gasteiger partial charge in [-0.05, 0) is 31.2 Å². The molecule has 7 heteroatoms. The lowest BCUT2D eigenvalue weighted by Gasteiger charge is -2.13. The summed E-state index contributed by atoms with van der Waals surface area (Å²) in [6.07, 6.45) is 0. The molecule has 0 aliphatic carbocycles. The zero-order valence-corrected chi connectivity index (χ0v) is 14.3. The molecule has 0 aliphatic rings. The Hall–Kier alpha value is -2.62. The molecule has 0 aliphatic heterocycles. The van der Waals surface area contributed by atoms with Crippen molar-refractivity contribution in [2.24, 2.45) is 0 Å². The van der Waals surface area contributed by atoms with Crippen molar-refractivity contribution in [3.05, 3.63) is 71.8 Å². The Bertz CT molecular complexity index is 652. The Balaban J connectivity index is 2.11. The van der Waals surface area contributed by atoms with Crippen molar-refractivity contribution in [3.8, 4) is 0 Å². The summed E-state index contributed by atoms with van der Waals surface area (Å²) < 4.78 is 9.81.